The molecule has 1 aromatic carbocycles. The van der Waals surface area contributed by atoms with E-state index in [1.165, 1.54) is 35.3 Å². The summed E-state index contributed by atoms with van der Waals surface area (Å²) >= 11 is 1.47. The fraction of sp³-hybridized carbons (Fsp3) is 0.238. The zero-order chi connectivity index (χ0) is 23.5. The Balaban J connectivity index is 1.77. The lowest BCUT2D eigenvalue weighted by molar-refractivity contribution is -0.137. The quantitative estimate of drug-likeness (QED) is 0.521. The number of carbonyl (C=O) groups is 2. The molecule has 0 aliphatic heterocycles. The number of amides is 1. The molecule has 3 rings (SSSR count). The lowest BCUT2D eigenvalue weighted by atomic mass is 10.2. The standard InChI is InChI=1S/C21H18F3N3O4S/c1-13-9-17(28)19(25-27(13)15-6-3-5-14(10-15)21(22,23)24)20(30)31-12-18(29)26(2)11-16-7-4-8-32-16/h3-10H,11-12H2,1-2H3. The average molecular weight is 465 g/mol. The number of aryl methyl sites for hydroxylation is 1. The number of rotatable bonds is 6. The van der Waals surface area contributed by atoms with Crippen molar-refractivity contribution in [1.29, 1.82) is 0 Å². The Morgan fingerprint density at radius 1 is 1.19 bits per heavy atom. The van der Waals surface area contributed by atoms with Crippen molar-refractivity contribution in [2.75, 3.05) is 13.7 Å². The summed E-state index contributed by atoms with van der Waals surface area (Å²) in [6.45, 7) is 1.19. The van der Waals surface area contributed by atoms with Gasteiger partial charge in [-0.3, -0.25) is 9.59 Å². The minimum atomic E-state index is -4.57. The Morgan fingerprint density at radius 2 is 1.94 bits per heavy atom. The van der Waals surface area contributed by atoms with Crippen molar-refractivity contribution < 1.29 is 27.5 Å². The molecule has 0 spiro atoms. The van der Waals surface area contributed by atoms with Gasteiger partial charge in [-0.1, -0.05) is 12.1 Å². The third kappa shape index (κ3) is 5.41. The molecule has 0 aliphatic rings. The summed E-state index contributed by atoms with van der Waals surface area (Å²) in [5.41, 5.74) is -2.08. The first-order valence-corrected chi connectivity index (χ1v) is 10.2. The predicted molar refractivity (Wildman–Crippen MR) is 111 cm³/mol. The van der Waals surface area contributed by atoms with E-state index in [2.05, 4.69) is 5.10 Å². The number of benzene rings is 1. The Hall–Kier alpha value is -3.47. The molecule has 168 valence electrons. The van der Waals surface area contributed by atoms with Crippen molar-refractivity contribution >= 4 is 23.2 Å². The minimum absolute atomic E-state index is 0.0122. The third-order valence-corrected chi connectivity index (χ3v) is 5.31. The van der Waals surface area contributed by atoms with Gasteiger partial charge >= 0.3 is 12.1 Å². The van der Waals surface area contributed by atoms with E-state index in [0.29, 0.717) is 6.54 Å². The van der Waals surface area contributed by atoms with E-state index in [9.17, 15) is 27.6 Å². The molecule has 0 radical (unpaired) electrons. The molecule has 2 aromatic heterocycles. The molecular weight excluding hydrogens is 447 g/mol. The van der Waals surface area contributed by atoms with E-state index in [1.807, 2.05) is 17.5 Å². The lowest BCUT2D eigenvalue weighted by Crippen LogP contribution is -2.32. The minimum Gasteiger partial charge on any atom is -0.451 e. The van der Waals surface area contributed by atoms with Crippen LogP contribution in [0.3, 0.4) is 0 Å². The maximum atomic E-state index is 13.0. The molecule has 0 saturated carbocycles. The third-order valence-electron chi connectivity index (χ3n) is 4.44. The van der Waals surface area contributed by atoms with Gasteiger partial charge in [-0.05, 0) is 36.6 Å². The Labute approximate surface area is 184 Å². The van der Waals surface area contributed by atoms with Crippen LogP contribution in [0.25, 0.3) is 5.69 Å². The van der Waals surface area contributed by atoms with Gasteiger partial charge < -0.3 is 9.64 Å². The summed E-state index contributed by atoms with van der Waals surface area (Å²) in [5.74, 6) is -1.63. The predicted octanol–water partition coefficient (Wildman–Crippen LogP) is 3.44. The van der Waals surface area contributed by atoms with Gasteiger partial charge in [-0.2, -0.15) is 18.3 Å². The van der Waals surface area contributed by atoms with Gasteiger partial charge in [0.2, 0.25) is 11.1 Å². The second-order valence-electron chi connectivity index (χ2n) is 6.86. The van der Waals surface area contributed by atoms with Crippen molar-refractivity contribution in [3.63, 3.8) is 0 Å². The molecule has 7 nitrogen and oxygen atoms in total. The zero-order valence-electron chi connectivity index (χ0n) is 17.0. The Morgan fingerprint density at radius 3 is 2.59 bits per heavy atom. The molecule has 32 heavy (non-hydrogen) atoms. The fourth-order valence-electron chi connectivity index (χ4n) is 2.79. The summed E-state index contributed by atoms with van der Waals surface area (Å²) in [4.78, 5) is 39.1. The van der Waals surface area contributed by atoms with Crippen LogP contribution in [0.15, 0.2) is 52.6 Å². The second-order valence-corrected chi connectivity index (χ2v) is 7.90. The lowest BCUT2D eigenvalue weighted by Gasteiger charge is -2.16. The van der Waals surface area contributed by atoms with Crippen molar-refractivity contribution in [3.8, 4) is 5.69 Å². The first-order chi connectivity index (χ1) is 15.1. The smallest absolute Gasteiger partial charge is 0.416 e. The van der Waals surface area contributed by atoms with E-state index in [-0.39, 0.29) is 11.4 Å². The number of halogens is 3. The maximum Gasteiger partial charge on any atom is 0.416 e. The molecule has 2 heterocycles. The number of ether oxygens (including phenoxy) is 1. The molecule has 0 fully saturated rings. The van der Waals surface area contributed by atoms with Gasteiger partial charge in [0.05, 0.1) is 17.8 Å². The number of likely N-dealkylation sites (N-methyl/N-ethyl adjacent to an activating group) is 1. The van der Waals surface area contributed by atoms with Crippen LogP contribution >= 0.6 is 11.3 Å². The molecule has 0 saturated heterocycles. The number of hydrogen-bond acceptors (Lipinski definition) is 6. The van der Waals surface area contributed by atoms with Crippen LogP contribution < -0.4 is 5.43 Å². The normalized spacial score (nSPS) is 11.3. The van der Waals surface area contributed by atoms with Crippen molar-refractivity contribution in [2.45, 2.75) is 19.6 Å². The van der Waals surface area contributed by atoms with Gasteiger partial charge in [-0.25, -0.2) is 9.48 Å². The first kappa shape index (κ1) is 23.2. The van der Waals surface area contributed by atoms with Gasteiger partial charge in [0.25, 0.3) is 5.91 Å². The van der Waals surface area contributed by atoms with Crippen molar-refractivity contribution in [3.05, 3.63) is 79.9 Å². The highest BCUT2D eigenvalue weighted by Crippen LogP contribution is 2.30. The molecule has 0 aliphatic carbocycles. The number of thiophene rings is 1. The van der Waals surface area contributed by atoms with Crippen LogP contribution in [0.5, 0.6) is 0 Å². The summed E-state index contributed by atoms with van der Waals surface area (Å²) in [6, 6.07) is 9.06. The highest BCUT2D eigenvalue weighted by atomic mass is 32.1. The van der Waals surface area contributed by atoms with E-state index in [0.717, 1.165) is 27.8 Å². The summed E-state index contributed by atoms with van der Waals surface area (Å²) in [7, 11) is 1.54. The van der Waals surface area contributed by atoms with Crippen molar-refractivity contribution in [2.24, 2.45) is 0 Å². The summed E-state index contributed by atoms with van der Waals surface area (Å²) < 4.78 is 45.1. The number of nitrogens with zero attached hydrogens (tertiary/aromatic N) is 3. The van der Waals surface area contributed by atoms with Crippen molar-refractivity contribution in [1.82, 2.24) is 14.7 Å². The van der Waals surface area contributed by atoms with Gasteiger partial charge in [0, 0.05) is 23.7 Å². The Bertz CT molecular complexity index is 1190. The molecule has 1 amide bonds. The number of hydrogen-bond donors (Lipinski definition) is 0. The Kier molecular flexibility index (Phi) is 6.78. The number of aromatic nitrogens is 2. The highest BCUT2D eigenvalue weighted by Gasteiger charge is 2.30. The van der Waals surface area contributed by atoms with Gasteiger partial charge in [0.15, 0.2) is 6.61 Å². The molecule has 0 N–H and O–H groups in total. The van der Waals surface area contributed by atoms with E-state index in [1.54, 1.807) is 7.05 Å². The van der Waals surface area contributed by atoms with E-state index >= 15 is 0 Å². The summed E-state index contributed by atoms with van der Waals surface area (Å²) in [5, 5.41) is 5.76. The topological polar surface area (TPSA) is 81.5 Å². The van der Waals surface area contributed by atoms with E-state index < -0.39 is 41.3 Å². The van der Waals surface area contributed by atoms with Crippen LogP contribution in [-0.4, -0.2) is 40.2 Å². The molecule has 0 unspecified atom stereocenters. The maximum absolute atomic E-state index is 13.0. The molecule has 11 heteroatoms. The van der Waals surface area contributed by atoms with Gasteiger partial charge in [0.1, 0.15) is 0 Å². The van der Waals surface area contributed by atoms with Crippen LogP contribution in [0.4, 0.5) is 13.2 Å². The molecular formula is C21H18F3N3O4S. The second kappa shape index (κ2) is 9.35. The average Bonchev–Trinajstić information content (AvgIpc) is 3.24. The van der Waals surface area contributed by atoms with Gasteiger partial charge in [-0.15, -0.1) is 11.3 Å². The van der Waals surface area contributed by atoms with E-state index in [4.69, 9.17) is 4.74 Å². The number of carbonyl (C=O) groups excluding carboxylic acids is 2. The fourth-order valence-corrected chi connectivity index (χ4v) is 3.55. The first-order valence-electron chi connectivity index (χ1n) is 9.28. The SMILES string of the molecule is Cc1cc(=O)c(C(=O)OCC(=O)N(C)Cc2cccs2)nn1-c1cccc(C(F)(F)F)c1. The summed E-state index contributed by atoms with van der Waals surface area (Å²) in [6.07, 6.45) is -4.57. The molecule has 0 atom stereocenters. The van der Waals surface area contributed by atoms with Crippen LogP contribution in [-0.2, 0) is 22.3 Å². The monoisotopic (exact) mass is 465 g/mol. The van der Waals surface area contributed by atoms with Crippen LogP contribution in [0.2, 0.25) is 0 Å². The largest absolute Gasteiger partial charge is 0.451 e. The number of esters is 1. The van der Waals surface area contributed by atoms with Crippen LogP contribution in [0, 0.1) is 6.92 Å². The molecule has 0 bridgehead atoms. The highest BCUT2D eigenvalue weighted by molar-refractivity contribution is 7.09. The molecule has 3 aromatic rings. The zero-order valence-corrected chi connectivity index (χ0v) is 17.9. The van der Waals surface area contributed by atoms with Crippen LogP contribution in [0.1, 0.15) is 26.6 Å². The number of alkyl halides is 3.